The Kier molecular flexibility index (Phi) is 5.40. The third kappa shape index (κ3) is 5.49. The maximum absolute atomic E-state index is 12.7. The SMILES string of the molecule is CC(C)CNC(=O)CN(C)c1cc(C(F)(F)F)cc(N)n1. The van der Waals surface area contributed by atoms with Gasteiger partial charge in [0.15, 0.2) is 0 Å². The Labute approximate surface area is 121 Å². The molecule has 0 aliphatic rings. The first-order valence-electron chi connectivity index (χ1n) is 6.42. The number of nitrogens with one attached hydrogen (secondary N) is 1. The highest BCUT2D eigenvalue weighted by atomic mass is 19.4. The maximum Gasteiger partial charge on any atom is 0.416 e. The fourth-order valence-corrected chi connectivity index (χ4v) is 1.57. The number of amides is 1. The monoisotopic (exact) mass is 304 g/mol. The molecule has 1 aromatic rings. The zero-order valence-corrected chi connectivity index (χ0v) is 12.2. The van der Waals surface area contributed by atoms with Gasteiger partial charge >= 0.3 is 6.18 Å². The smallest absolute Gasteiger partial charge is 0.384 e. The van der Waals surface area contributed by atoms with E-state index in [1.165, 1.54) is 11.9 Å². The van der Waals surface area contributed by atoms with E-state index in [0.29, 0.717) is 12.5 Å². The van der Waals surface area contributed by atoms with Gasteiger partial charge in [-0.3, -0.25) is 4.79 Å². The zero-order valence-electron chi connectivity index (χ0n) is 12.2. The molecular weight excluding hydrogens is 285 g/mol. The van der Waals surface area contributed by atoms with Gasteiger partial charge in [0, 0.05) is 13.6 Å². The van der Waals surface area contributed by atoms with E-state index in [9.17, 15) is 18.0 Å². The second kappa shape index (κ2) is 6.64. The van der Waals surface area contributed by atoms with Crippen LogP contribution in [0.25, 0.3) is 0 Å². The van der Waals surface area contributed by atoms with Crippen molar-refractivity contribution in [3.05, 3.63) is 17.7 Å². The Bertz CT molecular complexity index is 503. The molecule has 1 rings (SSSR count). The number of aromatic nitrogens is 1. The first-order valence-corrected chi connectivity index (χ1v) is 6.42. The Hall–Kier alpha value is -1.99. The Morgan fingerprint density at radius 2 is 2.05 bits per heavy atom. The molecule has 3 N–H and O–H groups in total. The number of nitrogens with zero attached hydrogens (tertiary/aromatic N) is 2. The molecule has 0 atom stereocenters. The molecule has 0 aliphatic carbocycles. The van der Waals surface area contributed by atoms with Crippen LogP contribution in [0.1, 0.15) is 19.4 Å². The van der Waals surface area contributed by atoms with Crippen LogP contribution in [-0.2, 0) is 11.0 Å². The summed E-state index contributed by atoms with van der Waals surface area (Å²) in [5.41, 5.74) is 4.50. The highest BCUT2D eigenvalue weighted by Gasteiger charge is 2.31. The van der Waals surface area contributed by atoms with Crippen LogP contribution >= 0.6 is 0 Å². The lowest BCUT2D eigenvalue weighted by Crippen LogP contribution is -2.37. The lowest BCUT2D eigenvalue weighted by molar-refractivity contribution is -0.137. The minimum atomic E-state index is -4.51. The second-order valence-electron chi connectivity index (χ2n) is 5.19. The van der Waals surface area contributed by atoms with Crippen molar-refractivity contribution in [2.75, 3.05) is 30.8 Å². The number of likely N-dealkylation sites (N-methyl/N-ethyl adjacent to an activating group) is 1. The fourth-order valence-electron chi connectivity index (χ4n) is 1.57. The standard InChI is InChI=1S/C13H19F3N4O/c1-8(2)6-18-12(21)7-20(3)11-5-9(13(14,15)16)4-10(17)19-11/h4-5,8H,6-7H2,1-3H3,(H2,17,19)(H,18,21). The molecule has 1 amide bonds. The summed E-state index contributed by atoms with van der Waals surface area (Å²) in [4.78, 5) is 16.8. The third-order valence-electron chi connectivity index (χ3n) is 2.64. The van der Waals surface area contributed by atoms with Gasteiger partial charge in [-0.05, 0) is 18.1 Å². The minimum absolute atomic E-state index is 0.00187. The minimum Gasteiger partial charge on any atom is -0.384 e. The van der Waals surface area contributed by atoms with Crippen LogP contribution in [0, 0.1) is 5.92 Å². The van der Waals surface area contributed by atoms with E-state index >= 15 is 0 Å². The van der Waals surface area contributed by atoms with Crippen LogP contribution in [0.2, 0.25) is 0 Å². The molecule has 118 valence electrons. The number of nitrogens with two attached hydrogens (primary N) is 1. The van der Waals surface area contributed by atoms with Crippen LogP contribution in [0.4, 0.5) is 24.8 Å². The van der Waals surface area contributed by atoms with Gasteiger partial charge in [0.05, 0.1) is 12.1 Å². The van der Waals surface area contributed by atoms with Crippen molar-refractivity contribution in [3.8, 4) is 0 Å². The van der Waals surface area contributed by atoms with Crippen molar-refractivity contribution in [1.29, 1.82) is 0 Å². The molecule has 8 heteroatoms. The van der Waals surface area contributed by atoms with Crippen LogP contribution < -0.4 is 16.0 Å². The normalized spacial score (nSPS) is 11.6. The van der Waals surface area contributed by atoms with Crippen LogP contribution in [0.5, 0.6) is 0 Å². The number of anilines is 2. The molecule has 5 nitrogen and oxygen atoms in total. The predicted octanol–water partition coefficient (Wildman–Crippen LogP) is 1.89. The van der Waals surface area contributed by atoms with Crippen molar-refractivity contribution in [1.82, 2.24) is 10.3 Å². The number of carbonyl (C=O) groups is 1. The summed E-state index contributed by atoms with van der Waals surface area (Å²) in [5.74, 6) is -0.234. The van der Waals surface area contributed by atoms with Crippen molar-refractivity contribution in [2.45, 2.75) is 20.0 Å². The summed E-state index contributed by atoms with van der Waals surface area (Å²) >= 11 is 0. The highest BCUT2D eigenvalue weighted by molar-refractivity contribution is 5.81. The van der Waals surface area contributed by atoms with Gasteiger partial charge in [-0.25, -0.2) is 4.98 Å². The summed E-state index contributed by atoms with van der Waals surface area (Å²) in [6.45, 7) is 4.30. The first kappa shape index (κ1) is 17.1. The quantitative estimate of drug-likeness (QED) is 0.871. The number of nitrogen functional groups attached to an aromatic ring is 1. The number of alkyl halides is 3. The Morgan fingerprint density at radius 3 is 2.57 bits per heavy atom. The highest BCUT2D eigenvalue weighted by Crippen LogP contribution is 2.32. The molecule has 0 aromatic carbocycles. The van der Waals surface area contributed by atoms with Gasteiger partial charge in [-0.15, -0.1) is 0 Å². The van der Waals surface area contributed by atoms with E-state index < -0.39 is 11.7 Å². The molecule has 0 radical (unpaired) electrons. The molecule has 0 fully saturated rings. The third-order valence-corrected chi connectivity index (χ3v) is 2.64. The van der Waals surface area contributed by atoms with Gasteiger partial charge < -0.3 is 16.0 Å². The van der Waals surface area contributed by atoms with E-state index in [1.807, 2.05) is 13.8 Å². The molecule has 0 spiro atoms. The van der Waals surface area contributed by atoms with Crippen LogP contribution in [0.3, 0.4) is 0 Å². The van der Waals surface area contributed by atoms with Crippen molar-refractivity contribution < 1.29 is 18.0 Å². The first-order chi connectivity index (χ1) is 9.59. The summed E-state index contributed by atoms with van der Waals surface area (Å²) in [6, 6.07) is 1.63. The summed E-state index contributed by atoms with van der Waals surface area (Å²) in [6.07, 6.45) is -4.51. The number of hydrogen-bond donors (Lipinski definition) is 2. The molecule has 1 heterocycles. The van der Waals surface area contributed by atoms with Gasteiger partial charge in [-0.1, -0.05) is 13.8 Å². The van der Waals surface area contributed by atoms with Gasteiger partial charge in [-0.2, -0.15) is 13.2 Å². The number of rotatable bonds is 5. The van der Waals surface area contributed by atoms with E-state index in [-0.39, 0.29) is 24.1 Å². The molecule has 1 aromatic heterocycles. The Morgan fingerprint density at radius 1 is 1.43 bits per heavy atom. The topological polar surface area (TPSA) is 71.2 Å². The van der Waals surface area contributed by atoms with Crippen molar-refractivity contribution in [3.63, 3.8) is 0 Å². The van der Waals surface area contributed by atoms with E-state index in [0.717, 1.165) is 12.1 Å². The molecule has 21 heavy (non-hydrogen) atoms. The molecule has 0 saturated carbocycles. The van der Waals surface area contributed by atoms with Gasteiger partial charge in [0.1, 0.15) is 11.6 Å². The molecule has 0 saturated heterocycles. The van der Waals surface area contributed by atoms with Crippen molar-refractivity contribution in [2.24, 2.45) is 5.92 Å². The lowest BCUT2D eigenvalue weighted by atomic mass is 10.2. The summed E-state index contributed by atoms with van der Waals surface area (Å²) in [5, 5.41) is 2.68. The van der Waals surface area contributed by atoms with Gasteiger partial charge in [0.25, 0.3) is 0 Å². The zero-order chi connectivity index (χ0) is 16.2. The molecular formula is C13H19F3N4O. The second-order valence-corrected chi connectivity index (χ2v) is 5.19. The predicted molar refractivity (Wildman–Crippen MR) is 74.8 cm³/mol. The molecule has 0 bridgehead atoms. The van der Waals surface area contributed by atoms with Crippen molar-refractivity contribution >= 4 is 17.5 Å². The average Bonchev–Trinajstić information content (AvgIpc) is 2.34. The van der Waals surface area contributed by atoms with E-state index in [4.69, 9.17) is 5.73 Å². The Balaban J connectivity index is 2.80. The molecule has 0 unspecified atom stereocenters. The van der Waals surface area contributed by atoms with Crippen LogP contribution in [0.15, 0.2) is 12.1 Å². The summed E-state index contributed by atoms with van der Waals surface area (Å²) in [7, 11) is 1.48. The number of halogens is 3. The lowest BCUT2D eigenvalue weighted by Gasteiger charge is -2.20. The van der Waals surface area contributed by atoms with E-state index in [1.54, 1.807) is 0 Å². The number of carbonyl (C=O) groups excluding carboxylic acids is 1. The van der Waals surface area contributed by atoms with Gasteiger partial charge in [0.2, 0.25) is 5.91 Å². The summed E-state index contributed by atoms with van der Waals surface area (Å²) < 4.78 is 38.1. The van der Waals surface area contributed by atoms with Crippen LogP contribution in [-0.4, -0.2) is 31.0 Å². The largest absolute Gasteiger partial charge is 0.416 e. The fraction of sp³-hybridized carbons (Fsp3) is 0.538. The maximum atomic E-state index is 12.7. The molecule has 0 aliphatic heterocycles. The number of pyridine rings is 1. The van der Waals surface area contributed by atoms with E-state index in [2.05, 4.69) is 10.3 Å². The number of hydrogen-bond acceptors (Lipinski definition) is 4. The average molecular weight is 304 g/mol.